The zero-order valence-electron chi connectivity index (χ0n) is 3.69. The van der Waals surface area contributed by atoms with Gasteiger partial charge in [-0.3, -0.25) is 0 Å². The van der Waals surface area contributed by atoms with Crippen LogP contribution in [0.2, 0.25) is 0 Å². The van der Waals surface area contributed by atoms with E-state index in [4.69, 9.17) is 16.0 Å². The molecule has 0 saturated heterocycles. The Morgan fingerprint density at radius 3 is 1.86 bits per heavy atom. The fourth-order valence-electron chi connectivity index (χ4n) is 0.400. The van der Waals surface area contributed by atoms with E-state index in [2.05, 4.69) is 0 Å². The van der Waals surface area contributed by atoms with Gasteiger partial charge in [0.15, 0.2) is 0 Å². The minimum absolute atomic E-state index is 0.884. The standard InChI is InChI=1S/C6H5.Cu/c1-2-4-6-5-3-1;/h1-5H;/q;+1. The van der Waals surface area contributed by atoms with E-state index in [0.29, 0.717) is 0 Å². The molecule has 0 aliphatic carbocycles. The zero-order valence-corrected chi connectivity index (χ0v) is 4.63. The molecule has 7 heavy (non-hydrogen) atoms. The van der Waals surface area contributed by atoms with Crippen LogP contribution in [-0.2, 0) is 16.0 Å². The van der Waals surface area contributed by atoms with E-state index in [0.717, 1.165) is 4.46 Å². The van der Waals surface area contributed by atoms with Crippen molar-refractivity contribution < 1.29 is 16.0 Å². The summed E-state index contributed by atoms with van der Waals surface area (Å²) in [5.74, 6) is 0. The summed E-state index contributed by atoms with van der Waals surface area (Å²) in [5.41, 5.74) is 0. The van der Waals surface area contributed by atoms with Gasteiger partial charge in [-0.25, -0.2) is 0 Å². The Kier molecular flexibility index (Phi) is 1.50. The van der Waals surface area contributed by atoms with E-state index in [1.807, 2.05) is 30.3 Å². The molecule has 0 aromatic heterocycles. The molecule has 0 aliphatic rings. The molecule has 0 bridgehead atoms. The Morgan fingerprint density at radius 2 is 1.57 bits per heavy atom. The van der Waals surface area contributed by atoms with Gasteiger partial charge in [-0.15, -0.1) is 0 Å². The van der Waals surface area contributed by atoms with Crippen molar-refractivity contribution in [1.82, 2.24) is 0 Å². The predicted octanol–water partition coefficient (Wildman–Crippen LogP) is 0.859. The first-order chi connectivity index (χ1) is 3.39. The average molecular weight is 141 g/mol. The van der Waals surface area contributed by atoms with Gasteiger partial charge in [-0.2, -0.15) is 0 Å². The molecule has 0 fully saturated rings. The van der Waals surface area contributed by atoms with Gasteiger partial charge in [-0.1, -0.05) is 0 Å². The maximum atomic E-state index is 4.95. The van der Waals surface area contributed by atoms with Gasteiger partial charge in [0.05, 0.1) is 0 Å². The first-order valence-electron chi connectivity index (χ1n) is 2.06. The third kappa shape index (κ3) is 1.34. The second-order valence-electron chi connectivity index (χ2n) is 1.25. The van der Waals surface area contributed by atoms with Gasteiger partial charge in [0.1, 0.15) is 0 Å². The third-order valence-electron chi connectivity index (χ3n) is 0.708. The van der Waals surface area contributed by atoms with Crippen LogP contribution >= 0.6 is 0 Å². The van der Waals surface area contributed by atoms with Crippen molar-refractivity contribution in [2.24, 2.45) is 0 Å². The molecule has 0 N–H and O–H groups in total. The number of benzene rings is 1. The average Bonchev–Trinajstić information content (AvgIpc) is 1.69. The fraction of sp³-hybridized carbons (Fsp3) is 0. The van der Waals surface area contributed by atoms with E-state index < -0.39 is 0 Å². The normalized spacial score (nSPS) is 8.86. The molecule has 0 saturated carbocycles. The van der Waals surface area contributed by atoms with Crippen molar-refractivity contribution >= 4 is 4.46 Å². The van der Waals surface area contributed by atoms with E-state index >= 15 is 0 Å². The molecule has 0 heterocycles. The molecule has 1 aromatic rings. The molecule has 0 radical (unpaired) electrons. The first kappa shape index (κ1) is 4.89. The summed E-state index contributed by atoms with van der Waals surface area (Å²) in [6.07, 6.45) is 0. The quantitative estimate of drug-likeness (QED) is 0.469. The molecule has 0 spiro atoms. The van der Waals surface area contributed by atoms with Gasteiger partial charge in [-0.05, 0) is 0 Å². The van der Waals surface area contributed by atoms with E-state index in [-0.39, 0.29) is 0 Å². The maximum absolute atomic E-state index is 4.95. The number of hydrogen-bond donors (Lipinski definition) is 0. The van der Waals surface area contributed by atoms with E-state index in [1.165, 1.54) is 0 Å². The van der Waals surface area contributed by atoms with Gasteiger partial charge in [0.25, 0.3) is 0 Å². The molecule has 0 unspecified atom stereocenters. The summed E-state index contributed by atoms with van der Waals surface area (Å²) < 4.78 is 0.884. The van der Waals surface area contributed by atoms with Crippen LogP contribution in [0.15, 0.2) is 30.3 Å². The van der Waals surface area contributed by atoms with E-state index in [9.17, 15) is 0 Å². The van der Waals surface area contributed by atoms with Crippen molar-refractivity contribution in [3.8, 4) is 0 Å². The van der Waals surface area contributed by atoms with Crippen LogP contribution in [0.4, 0.5) is 0 Å². The van der Waals surface area contributed by atoms with Crippen LogP contribution in [-0.4, -0.2) is 0 Å². The van der Waals surface area contributed by atoms with Gasteiger partial charge < -0.3 is 0 Å². The Balaban J connectivity index is 3.02. The van der Waals surface area contributed by atoms with Crippen LogP contribution in [0.5, 0.6) is 0 Å². The molecule has 0 amide bonds. The molecule has 1 rings (SSSR count). The fourth-order valence-corrected chi connectivity index (χ4v) is 0.581. The molecule has 1 aromatic carbocycles. The van der Waals surface area contributed by atoms with Crippen LogP contribution in [0.25, 0.3) is 0 Å². The second-order valence-corrected chi connectivity index (χ2v) is 1.80. The number of hydrogen-bond acceptors (Lipinski definition) is 0. The molecule has 1 heteroatoms. The van der Waals surface area contributed by atoms with Gasteiger partial charge in [0, 0.05) is 0 Å². The van der Waals surface area contributed by atoms with Crippen LogP contribution in [0.3, 0.4) is 0 Å². The molecular weight excluding hydrogens is 136 g/mol. The van der Waals surface area contributed by atoms with Gasteiger partial charge >= 0.3 is 50.8 Å². The second kappa shape index (κ2) is 2.15. The third-order valence-corrected chi connectivity index (χ3v) is 1.02. The van der Waals surface area contributed by atoms with Crippen LogP contribution in [0.1, 0.15) is 0 Å². The van der Waals surface area contributed by atoms with Crippen molar-refractivity contribution in [3.63, 3.8) is 0 Å². The Hall–Kier alpha value is -0.261. The summed E-state index contributed by atoms with van der Waals surface area (Å²) in [4.78, 5) is 0. The summed E-state index contributed by atoms with van der Waals surface area (Å²) in [6, 6.07) is 9.58. The SMILES string of the molecule is [Cu+][c]1ccccc1. The van der Waals surface area contributed by atoms with Crippen LogP contribution < -0.4 is 4.46 Å². The molecule has 0 atom stereocenters. The Morgan fingerprint density at radius 1 is 1.00 bits per heavy atom. The molecular formula is C6H5Cu+. The Labute approximate surface area is 51.4 Å². The Bertz CT molecular complexity index is 134. The van der Waals surface area contributed by atoms with Crippen molar-refractivity contribution in [2.45, 2.75) is 0 Å². The summed E-state index contributed by atoms with van der Waals surface area (Å²) in [5, 5.41) is 0. The molecule has 39 valence electrons. The first-order valence-corrected chi connectivity index (χ1v) is 2.53. The summed E-state index contributed by atoms with van der Waals surface area (Å²) in [7, 11) is 0. The zero-order chi connectivity index (χ0) is 5.11. The van der Waals surface area contributed by atoms with Crippen molar-refractivity contribution in [2.75, 3.05) is 0 Å². The molecule has 0 nitrogen and oxygen atoms in total. The monoisotopic (exact) mass is 140 g/mol. The summed E-state index contributed by atoms with van der Waals surface area (Å²) in [6.45, 7) is 0. The van der Waals surface area contributed by atoms with Crippen LogP contribution in [0, 0.1) is 0 Å². The topological polar surface area (TPSA) is 0 Å². The number of rotatable bonds is 0. The van der Waals surface area contributed by atoms with Crippen molar-refractivity contribution in [3.05, 3.63) is 30.3 Å². The summed E-state index contributed by atoms with van der Waals surface area (Å²) >= 11 is 4.95. The van der Waals surface area contributed by atoms with E-state index in [1.54, 1.807) is 0 Å². The predicted molar refractivity (Wildman–Crippen MR) is 26.1 cm³/mol. The minimum atomic E-state index is 0.884. The van der Waals surface area contributed by atoms with Crippen molar-refractivity contribution in [1.29, 1.82) is 0 Å². The van der Waals surface area contributed by atoms with Gasteiger partial charge in [0.2, 0.25) is 0 Å². The molecule has 0 aliphatic heterocycles.